The molecule has 1 heterocycles. The lowest BCUT2D eigenvalue weighted by atomic mass is 10.5. The molecule has 0 spiro atoms. The summed E-state index contributed by atoms with van der Waals surface area (Å²) in [7, 11) is 1.72. The van der Waals surface area contributed by atoms with E-state index in [0.717, 1.165) is 19.7 Å². The number of methoxy groups -OCH3 is 1. The molecule has 3 heteroatoms. The molecule has 0 bridgehead atoms. The normalized spacial score (nSPS) is 32.7. The first-order chi connectivity index (χ1) is 4.38. The molecule has 0 radical (unpaired) electrons. The van der Waals surface area contributed by atoms with Gasteiger partial charge >= 0.3 is 0 Å². The van der Waals surface area contributed by atoms with Crippen LogP contribution in [0.1, 0.15) is 0 Å². The number of hydrogen-bond acceptors (Lipinski definition) is 3. The molecular formula is C6H14N2O. The SMILES string of the molecule is COCCN1CC1CN. The summed E-state index contributed by atoms with van der Waals surface area (Å²) in [5.74, 6) is 0. The van der Waals surface area contributed by atoms with Crippen LogP contribution in [-0.2, 0) is 4.74 Å². The number of ether oxygens (including phenoxy) is 1. The Morgan fingerprint density at radius 2 is 2.56 bits per heavy atom. The fourth-order valence-corrected chi connectivity index (χ4v) is 0.930. The molecule has 2 unspecified atom stereocenters. The summed E-state index contributed by atoms with van der Waals surface area (Å²) in [5.41, 5.74) is 5.41. The summed E-state index contributed by atoms with van der Waals surface area (Å²) in [6, 6.07) is 0.653. The second kappa shape index (κ2) is 3.15. The van der Waals surface area contributed by atoms with Gasteiger partial charge in [-0.15, -0.1) is 0 Å². The van der Waals surface area contributed by atoms with Crippen molar-refractivity contribution < 1.29 is 4.74 Å². The predicted molar refractivity (Wildman–Crippen MR) is 36.3 cm³/mol. The van der Waals surface area contributed by atoms with Crippen molar-refractivity contribution in [3.8, 4) is 0 Å². The molecule has 1 aliphatic heterocycles. The van der Waals surface area contributed by atoms with Crippen LogP contribution in [0.3, 0.4) is 0 Å². The minimum Gasteiger partial charge on any atom is -0.383 e. The fraction of sp³-hybridized carbons (Fsp3) is 1.00. The zero-order valence-corrected chi connectivity index (χ0v) is 5.84. The molecule has 2 N–H and O–H groups in total. The van der Waals surface area contributed by atoms with E-state index in [1.807, 2.05) is 0 Å². The largest absolute Gasteiger partial charge is 0.383 e. The molecule has 3 nitrogen and oxygen atoms in total. The first kappa shape index (κ1) is 6.99. The van der Waals surface area contributed by atoms with Gasteiger partial charge in [-0.05, 0) is 0 Å². The van der Waals surface area contributed by atoms with Crippen LogP contribution in [0.4, 0.5) is 0 Å². The van der Waals surface area contributed by atoms with Gasteiger partial charge in [-0.25, -0.2) is 0 Å². The Kier molecular flexibility index (Phi) is 2.45. The average Bonchev–Trinajstić information content (AvgIpc) is 2.62. The van der Waals surface area contributed by atoms with Crippen LogP contribution in [-0.4, -0.2) is 44.3 Å². The first-order valence-electron chi connectivity index (χ1n) is 3.31. The Morgan fingerprint density at radius 1 is 1.78 bits per heavy atom. The van der Waals surface area contributed by atoms with Crippen LogP contribution >= 0.6 is 0 Å². The van der Waals surface area contributed by atoms with Gasteiger partial charge in [0.25, 0.3) is 0 Å². The maximum atomic E-state index is 5.41. The molecule has 0 aromatic heterocycles. The highest BCUT2D eigenvalue weighted by molar-refractivity contribution is 4.89. The third kappa shape index (κ3) is 1.93. The molecule has 0 aliphatic carbocycles. The average molecular weight is 130 g/mol. The molecule has 0 saturated carbocycles. The lowest BCUT2D eigenvalue weighted by Crippen LogP contribution is -2.15. The van der Waals surface area contributed by atoms with Crippen LogP contribution in [0, 0.1) is 0 Å². The molecular weight excluding hydrogens is 116 g/mol. The van der Waals surface area contributed by atoms with Crippen LogP contribution in [0.25, 0.3) is 0 Å². The van der Waals surface area contributed by atoms with E-state index in [-0.39, 0.29) is 0 Å². The zero-order valence-electron chi connectivity index (χ0n) is 5.84. The second-order valence-corrected chi connectivity index (χ2v) is 2.38. The third-order valence-corrected chi connectivity index (χ3v) is 1.68. The van der Waals surface area contributed by atoms with Crippen molar-refractivity contribution in [2.45, 2.75) is 6.04 Å². The van der Waals surface area contributed by atoms with Gasteiger partial charge in [0, 0.05) is 32.8 Å². The van der Waals surface area contributed by atoms with Crippen molar-refractivity contribution in [2.75, 3.05) is 33.4 Å². The quantitative estimate of drug-likeness (QED) is 0.510. The summed E-state index contributed by atoms with van der Waals surface area (Å²) < 4.78 is 4.90. The van der Waals surface area contributed by atoms with E-state index >= 15 is 0 Å². The summed E-state index contributed by atoms with van der Waals surface area (Å²) in [6.45, 7) is 3.83. The number of hydrogen-bond donors (Lipinski definition) is 1. The van der Waals surface area contributed by atoms with E-state index in [0.29, 0.717) is 6.04 Å². The topological polar surface area (TPSA) is 38.3 Å². The molecule has 1 fully saturated rings. The molecule has 9 heavy (non-hydrogen) atoms. The molecule has 2 atom stereocenters. The van der Waals surface area contributed by atoms with Gasteiger partial charge in [-0.2, -0.15) is 0 Å². The summed E-state index contributed by atoms with van der Waals surface area (Å²) in [4.78, 5) is 2.31. The lowest BCUT2D eigenvalue weighted by molar-refractivity contribution is 0.184. The van der Waals surface area contributed by atoms with Crippen LogP contribution in [0.15, 0.2) is 0 Å². The van der Waals surface area contributed by atoms with Crippen LogP contribution < -0.4 is 5.73 Å². The zero-order chi connectivity index (χ0) is 6.69. The van der Waals surface area contributed by atoms with E-state index in [4.69, 9.17) is 10.5 Å². The highest BCUT2D eigenvalue weighted by atomic mass is 16.5. The van der Waals surface area contributed by atoms with E-state index in [1.54, 1.807) is 7.11 Å². The van der Waals surface area contributed by atoms with Crippen molar-refractivity contribution in [3.63, 3.8) is 0 Å². The first-order valence-corrected chi connectivity index (χ1v) is 3.31. The summed E-state index contributed by atoms with van der Waals surface area (Å²) in [6.07, 6.45) is 0. The molecule has 54 valence electrons. The molecule has 0 aromatic rings. The monoisotopic (exact) mass is 130 g/mol. The van der Waals surface area contributed by atoms with Crippen molar-refractivity contribution in [1.29, 1.82) is 0 Å². The Labute approximate surface area is 55.8 Å². The van der Waals surface area contributed by atoms with E-state index in [1.165, 1.54) is 6.54 Å². The minimum absolute atomic E-state index is 0.653. The molecule has 1 aliphatic rings. The standard InChI is InChI=1S/C6H14N2O/c1-9-3-2-8-5-6(8)4-7/h6H,2-5,7H2,1H3. The number of nitrogens with two attached hydrogens (primary N) is 1. The smallest absolute Gasteiger partial charge is 0.0589 e. The predicted octanol–water partition coefficient (Wildman–Crippen LogP) is -0.724. The van der Waals surface area contributed by atoms with Crippen LogP contribution in [0.2, 0.25) is 0 Å². The molecule has 0 amide bonds. The maximum absolute atomic E-state index is 5.41. The highest BCUT2D eigenvalue weighted by Crippen LogP contribution is 2.13. The highest BCUT2D eigenvalue weighted by Gasteiger charge is 2.31. The molecule has 1 saturated heterocycles. The maximum Gasteiger partial charge on any atom is 0.0589 e. The van der Waals surface area contributed by atoms with Crippen molar-refractivity contribution in [3.05, 3.63) is 0 Å². The van der Waals surface area contributed by atoms with Gasteiger partial charge in [-0.3, -0.25) is 4.90 Å². The molecule has 1 rings (SSSR count). The van der Waals surface area contributed by atoms with Gasteiger partial charge < -0.3 is 10.5 Å². The van der Waals surface area contributed by atoms with Crippen molar-refractivity contribution >= 4 is 0 Å². The third-order valence-electron chi connectivity index (χ3n) is 1.68. The summed E-state index contributed by atoms with van der Waals surface area (Å²) in [5, 5.41) is 0. The van der Waals surface area contributed by atoms with Gasteiger partial charge in [0.2, 0.25) is 0 Å². The lowest BCUT2D eigenvalue weighted by Gasteiger charge is -1.99. The fourth-order valence-electron chi connectivity index (χ4n) is 0.930. The van der Waals surface area contributed by atoms with Crippen molar-refractivity contribution in [2.24, 2.45) is 5.73 Å². The second-order valence-electron chi connectivity index (χ2n) is 2.38. The van der Waals surface area contributed by atoms with Gasteiger partial charge in [0.1, 0.15) is 0 Å². The summed E-state index contributed by atoms with van der Waals surface area (Å²) >= 11 is 0. The van der Waals surface area contributed by atoms with Gasteiger partial charge in [0.15, 0.2) is 0 Å². The van der Waals surface area contributed by atoms with E-state index in [9.17, 15) is 0 Å². The number of rotatable bonds is 4. The van der Waals surface area contributed by atoms with Crippen molar-refractivity contribution in [1.82, 2.24) is 4.90 Å². The minimum atomic E-state index is 0.653. The van der Waals surface area contributed by atoms with Crippen LogP contribution in [0.5, 0.6) is 0 Å². The Hall–Kier alpha value is -0.120. The Bertz CT molecular complexity index is 87.1. The van der Waals surface area contributed by atoms with E-state index in [2.05, 4.69) is 4.90 Å². The van der Waals surface area contributed by atoms with Gasteiger partial charge in [-0.1, -0.05) is 0 Å². The van der Waals surface area contributed by atoms with Gasteiger partial charge in [0.05, 0.1) is 6.61 Å². The Balaban J connectivity index is 1.92. The van der Waals surface area contributed by atoms with E-state index < -0.39 is 0 Å². The Morgan fingerprint density at radius 3 is 3.00 bits per heavy atom. The number of nitrogens with zero attached hydrogens (tertiary/aromatic N) is 1. The molecule has 0 aromatic carbocycles.